The molecule has 5 heteroatoms. The molecule has 0 aromatic rings. The van der Waals surface area contributed by atoms with Gasteiger partial charge in [0.05, 0.1) is 5.75 Å². The summed E-state index contributed by atoms with van der Waals surface area (Å²) in [5.41, 5.74) is 0. The highest BCUT2D eigenvalue weighted by molar-refractivity contribution is 7.89. The van der Waals surface area contributed by atoms with Gasteiger partial charge < -0.3 is 5.32 Å². The molecule has 0 aliphatic rings. The minimum absolute atomic E-state index is 0.178. The molecule has 0 aliphatic heterocycles. The normalized spacial score (nSPS) is 11.9. The van der Waals surface area contributed by atoms with E-state index >= 15 is 0 Å². The first-order valence-electron chi connectivity index (χ1n) is 7.80. The molecule has 0 atom stereocenters. The Bertz CT molecular complexity index is 279. The van der Waals surface area contributed by atoms with Gasteiger partial charge in [0.1, 0.15) is 0 Å². The van der Waals surface area contributed by atoms with E-state index < -0.39 is 10.0 Å². The monoisotopic (exact) mass is 292 g/mol. The van der Waals surface area contributed by atoms with Crippen molar-refractivity contribution < 1.29 is 8.42 Å². The van der Waals surface area contributed by atoms with Crippen molar-refractivity contribution in [1.29, 1.82) is 0 Å². The van der Waals surface area contributed by atoms with Crippen molar-refractivity contribution in [3.8, 4) is 0 Å². The molecule has 0 aliphatic carbocycles. The topological polar surface area (TPSA) is 58.2 Å². The third kappa shape index (κ3) is 14.1. The van der Waals surface area contributed by atoms with Crippen LogP contribution in [0, 0.1) is 0 Å². The summed E-state index contributed by atoms with van der Waals surface area (Å²) < 4.78 is 25.2. The summed E-state index contributed by atoms with van der Waals surface area (Å²) in [6.07, 6.45) is 10.4. The Labute approximate surface area is 119 Å². The van der Waals surface area contributed by atoms with Crippen molar-refractivity contribution in [3.05, 3.63) is 0 Å². The van der Waals surface area contributed by atoms with Crippen LogP contribution >= 0.6 is 0 Å². The van der Waals surface area contributed by atoms with Crippen LogP contribution in [-0.4, -0.2) is 33.8 Å². The van der Waals surface area contributed by atoms with Crippen molar-refractivity contribution in [2.75, 3.05) is 25.4 Å². The SMILES string of the molecule is CCCCCCCCCCNCCS(=O)(=O)NCC. The van der Waals surface area contributed by atoms with E-state index in [2.05, 4.69) is 17.0 Å². The smallest absolute Gasteiger partial charge is 0.212 e. The maximum atomic E-state index is 11.3. The van der Waals surface area contributed by atoms with Crippen LogP contribution in [0.5, 0.6) is 0 Å². The molecule has 19 heavy (non-hydrogen) atoms. The van der Waals surface area contributed by atoms with Crippen molar-refractivity contribution in [2.45, 2.75) is 65.2 Å². The minimum Gasteiger partial charge on any atom is -0.316 e. The van der Waals surface area contributed by atoms with Crippen LogP contribution in [0.25, 0.3) is 0 Å². The van der Waals surface area contributed by atoms with E-state index in [4.69, 9.17) is 0 Å². The fraction of sp³-hybridized carbons (Fsp3) is 1.00. The second-order valence-electron chi connectivity index (χ2n) is 5.04. The Morgan fingerprint density at radius 2 is 1.37 bits per heavy atom. The third-order valence-electron chi connectivity index (χ3n) is 3.12. The van der Waals surface area contributed by atoms with Crippen molar-refractivity contribution in [1.82, 2.24) is 10.0 Å². The van der Waals surface area contributed by atoms with Crippen molar-refractivity contribution in [2.24, 2.45) is 0 Å². The van der Waals surface area contributed by atoms with Crippen molar-refractivity contribution in [3.63, 3.8) is 0 Å². The third-order valence-corrected chi connectivity index (χ3v) is 4.59. The zero-order valence-electron chi connectivity index (χ0n) is 12.7. The van der Waals surface area contributed by atoms with Crippen LogP contribution in [0.3, 0.4) is 0 Å². The number of nitrogens with one attached hydrogen (secondary N) is 2. The van der Waals surface area contributed by atoms with Gasteiger partial charge in [-0.05, 0) is 13.0 Å². The number of unbranched alkanes of at least 4 members (excludes halogenated alkanes) is 7. The van der Waals surface area contributed by atoms with E-state index in [9.17, 15) is 8.42 Å². The highest BCUT2D eigenvalue weighted by Crippen LogP contribution is 2.07. The molecule has 0 saturated carbocycles. The Kier molecular flexibility index (Phi) is 12.8. The highest BCUT2D eigenvalue weighted by Gasteiger charge is 2.06. The van der Waals surface area contributed by atoms with E-state index in [1.54, 1.807) is 6.92 Å². The second-order valence-corrected chi connectivity index (χ2v) is 6.97. The minimum atomic E-state index is -3.05. The van der Waals surface area contributed by atoms with E-state index in [-0.39, 0.29) is 5.75 Å². The van der Waals surface area contributed by atoms with Gasteiger partial charge in [-0.3, -0.25) is 0 Å². The fourth-order valence-electron chi connectivity index (χ4n) is 2.01. The van der Waals surface area contributed by atoms with Crippen LogP contribution in [-0.2, 0) is 10.0 Å². The van der Waals surface area contributed by atoms with Crippen molar-refractivity contribution >= 4 is 10.0 Å². The summed E-state index contributed by atoms with van der Waals surface area (Å²) in [6.45, 7) is 5.98. The first-order valence-corrected chi connectivity index (χ1v) is 9.45. The molecule has 0 rings (SSSR count). The Morgan fingerprint density at radius 1 is 0.789 bits per heavy atom. The summed E-state index contributed by atoms with van der Waals surface area (Å²) in [5.74, 6) is 0.178. The van der Waals surface area contributed by atoms with Gasteiger partial charge in [0.25, 0.3) is 0 Å². The van der Waals surface area contributed by atoms with Gasteiger partial charge in [-0.15, -0.1) is 0 Å². The van der Waals surface area contributed by atoms with Crippen LogP contribution in [0.2, 0.25) is 0 Å². The Morgan fingerprint density at radius 3 is 1.95 bits per heavy atom. The molecule has 0 aromatic carbocycles. The summed E-state index contributed by atoms with van der Waals surface area (Å²) in [4.78, 5) is 0. The van der Waals surface area contributed by atoms with Gasteiger partial charge in [0.15, 0.2) is 0 Å². The molecular formula is C14H32N2O2S. The number of sulfonamides is 1. The standard InChI is InChI=1S/C14H32N2O2S/c1-3-5-6-7-8-9-10-11-12-15-13-14-19(17,18)16-4-2/h15-16H,3-14H2,1-2H3. The molecule has 0 fully saturated rings. The molecule has 0 radical (unpaired) electrons. The van der Waals surface area contributed by atoms with E-state index in [1.165, 1.54) is 44.9 Å². The lowest BCUT2D eigenvalue weighted by Crippen LogP contribution is -2.32. The van der Waals surface area contributed by atoms with Gasteiger partial charge >= 0.3 is 0 Å². The molecule has 2 N–H and O–H groups in total. The predicted octanol–water partition coefficient (Wildman–Crippen LogP) is 2.66. The van der Waals surface area contributed by atoms with Gasteiger partial charge in [0.2, 0.25) is 10.0 Å². The molecule has 0 saturated heterocycles. The molecule has 0 bridgehead atoms. The lowest BCUT2D eigenvalue weighted by atomic mass is 10.1. The maximum absolute atomic E-state index is 11.3. The largest absolute Gasteiger partial charge is 0.316 e. The zero-order chi connectivity index (χ0) is 14.4. The van der Waals surface area contributed by atoms with E-state index in [1.807, 2.05) is 0 Å². The highest BCUT2D eigenvalue weighted by atomic mass is 32.2. The molecule has 116 valence electrons. The molecule has 4 nitrogen and oxygen atoms in total. The van der Waals surface area contributed by atoms with Gasteiger partial charge in [-0.2, -0.15) is 0 Å². The summed E-state index contributed by atoms with van der Waals surface area (Å²) >= 11 is 0. The van der Waals surface area contributed by atoms with Gasteiger partial charge in [-0.25, -0.2) is 13.1 Å². The average molecular weight is 292 g/mol. The Balaban J connectivity index is 3.19. The van der Waals surface area contributed by atoms with E-state index in [0.717, 1.165) is 13.0 Å². The molecule has 0 heterocycles. The quantitative estimate of drug-likeness (QED) is 0.484. The fourth-order valence-corrected chi connectivity index (χ4v) is 3.00. The Hall–Kier alpha value is -0.130. The lowest BCUT2D eigenvalue weighted by Gasteiger charge is -2.06. The summed E-state index contributed by atoms with van der Waals surface area (Å²) in [6, 6.07) is 0. The lowest BCUT2D eigenvalue weighted by molar-refractivity contribution is 0.555. The number of rotatable bonds is 14. The van der Waals surface area contributed by atoms with E-state index in [0.29, 0.717) is 13.1 Å². The van der Waals surface area contributed by atoms with Crippen LogP contribution < -0.4 is 10.0 Å². The van der Waals surface area contributed by atoms with Crippen LogP contribution in [0.4, 0.5) is 0 Å². The van der Waals surface area contributed by atoms with Crippen LogP contribution in [0.1, 0.15) is 65.2 Å². The molecule has 0 spiro atoms. The molecular weight excluding hydrogens is 260 g/mol. The van der Waals surface area contributed by atoms with Gasteiger partial charge in [0, 0.05) is 13.1 Å². The summed E-state index contributed by atoms with van der Waals surface area (Å²) in [7, 11) is -3.05. The number of hydrogen-bond donors (Lipinski definition) is 2. The average Bonchev–Trinajstić information content (AvgIpc) is 2.36. The molecule has 0 aromatic heterocycles. The maximum Gasteiger partial charge on any atom is 0.212 e. The molecule has 0 unspecified atom stereocenters. The van der Waals surface area contributed by atoms with Crippen LogP contribution in [0.15, 0.2) is 0 Å². The number of hydrogen-bond acceptors (Lipinski definition) is 3. The summed E-state index contributed by atoms with van der Waals surface area (Å²) in [5, 5.41) is 3.19. The second kappa shape index (κ2) is 12.9. The first kappa shape index (κ1) is 18.9. The predicted molar refractivity (Wildman–Crippen MR) is 82.9 cm³/mol. The molecule has 0 amide bonds. The first-order chi connectivity index (χ1) is 9.12. The zero-order valence-corrected chi connectivity index (χ0v) is 13.5. The van der Waals surface area contributed by atoms with Gasteiger partial charge in [-0.1, -0.05) is 58.8 Å².